The van der Waals surface area contributed by atoms with E-state index in [1.165, 1.54) is 22.7 Å². The molecule has 0 spiro atoms. The predicted molar refractivity (Wildman–Crippen MR) is 70.9 cm³/mol. The number of nitrogens with zero attached hydrogens (tertiary/aromatic N) is 1. The topological polar surface area (TPSA) is 66.8 Å². The Bertz CT molecular complexity index is 423. The summed E-state index contributed by atoms with van der Waals surface area (Å²) < 4.78 is 5.35. The van der Waals surface area contributed by atoms with Crippen molar-refractivity contribution in [2.45, 2.75) is 24.4 Å². The van der Waals surface area contributed by atoms with Crippen molar-refractivity contribution in [2.75, 3.05) is 6.61 Å². The summed E-state index contributed by atoms with van der Waals surface area (Å²) in [7, 11) is 0. The molecule has 0 bridgehead atoms. The molecule has 7 heteroatoms. The van der Waals surface area contributed by atoms with Crippen LogP contribution in [-0.2, 0) is 14.3 Å². The Balaban J connectivity index is 2.11. The first-order valence-electron chi connectivity index (χ1n) is 5.47. The van der Waals surface area contributed by atoms with E-state index in [9.17, 15) is 14.7 Å². The van der Waals surface area contributed by atoms with Crippen molar-refractivity contribution >= 4 is 40.1 Å². The van der Waals surface area contributed by atoms with E-state index in [2.05, 4.69) is 6.58 Å². The van der Waals surface area contributed by atoms with E-state index in [1.54, 1.807) is 6.92 Å². The van der Waals surface area contributed by atoms with Gasteiger partial charge in [-0.1, -0.05) is 36.6 Å². The van der Waals surface area contributed by atoms with Gasteiger partial charge in [-0.3, -0.25) is 4.79 Å². The number of fused-ring (bicyclic) bond motifs is 1. The summed E-state index contributed by atoms with van der Waals surface area (Å²) in [6, 6.07) is -0.808. The largest absolute Gasteiger partial charge is 0.460 e. The summed E-state index contributed by atoms with van der Waals surface area (Å²) >= 11 is 6.39. The number of hydrogen-bond acceptors (Lipinski definition) is 6. The van der Waals surface area contributed by atoms with E-state index < -0.39 is 24.0 Å². The molecule has 2 rings (SSSR count). The zero-order valence-corrected chi connectivity index (χ0v) is 11.4. The van der Waals surface area contributed by atoms with Gasteiger partial charge in [0.1, 0.15) is 6.61 Å². The first-order chi connectivity index (χ1) is 8.49. The summed E-state index contributed by atoms with van der Waals surface area (Å²) in [5.74, 6) is -1.26. The molecular weight excluding hydrogens is 274 g/mol. The lowest BCUT2D eigenvalue weighted by Crippen LogP contribution is -2.64. The molecule has 2 saturated heterocycles. The molecule has 2 aliphatic heterocycles. The Morgan fingerprint density at radius 1 is 1.78 bits per heavy atom. The molecule has 4 atom stereocenters. The maximum absolute atomic E-state index is 11.9. The molecule has 2 aliphatic rings. The molecule has 1 amide bonds. The minimum absolute atomic E-state index is 0.0924. The first kappa shape index (κ1) is 13.5. The SMILES string of the molecule is C=CCOC(=O)C1C(=S)S[C@@H]2[C@@H]([C@@H](C)O)C(=O)N12. The number of rotatable bonds is 4. The van der Waals surface area contributed by atoms with Gasteiger partial charge in [-0.15, -0.1) is 0 Å². The van der Waals surface area contributed by atoms with Crippen LogP contribution in [0.5, 0.6) is 0 Å². The molecule has 0 aliphatic carbocycles. The molecule has 0 saturated carbocycles. The second-order valence-corrected chi connectivity index (χ2v) is 6.02. The summed E-state index contributed by atoms with van der Waals surface area (Å²) in [4.78, 5) is 25.1. The highest BCUT2D eigenvalue weighted by atomic mass is 32.2. The molecular formula is C11H13NO4S2. The lowest BCUT2D eigenvalue weighted by molar-refractivity contribution is -0.166. The monoisotopic (exact) mass is 287 g/mol. The zero-order valence-electron chi connectivity index (χ0n) is 9.74. The van der Waals surface area contributed by atoms with Crippen molar-refractivity contribution in [3.05, 3.63) is 12.7 Å². The smallest absolute Gasteiger partial charge is 0.335 e. The van der Waals surface area contributed by atoms with Crippen LogP contribution in [-0.4, -0.2) is 50.2 Å². The van der Waals surface area contributed by atoms with Crippen LogP contribution in [0.3, 0.4) is 0 Å². The molecule has 1 N–H and O–H groups in total. The highest BCUT2D eigenvalue weighted by molar-refractivity contribution is 8.24. The fourth-order valence-electron chi connectivity index (χ4n) is 2.09. The number of carbonyl (C=O) groups excluding carboxylic acids is 2. The van der Waals surface area contributed by atoms with Crippen LogP contribution < -0.4 is 0 Å². The second-order valence-electron chi connectivity index (χ2n) is 4.16. The zero-order chi connectivity index (χ0) is 13.4. The second kappa shape index (κ2) is 4.99. The van der Waals surface area contributed by atoms with Crippen LogP contribution in [0, 0.1) is 5.92 Å². The average molecular weight is 287 g/mol. The molecule has 2 fully saturated rings. The molecule has 1 unspecified atom stereocenters. The van der Waals surface area contributed by atoms with Crippen LogP contribution in [0.4, 0.5) is 0 Å². The third kappa shape index (κ3) is 1.96. The lowest BCUT2D eigenvalue weighted by atomic mass is 9.91. The molecule has 0 aromatic rings. The van der Waals surface area contributed by atoms with E-state index in [0.29, 0.717) is 4.20 Å². The minimum atomic E-state index is -0.808. The van der Waals surface area contributed by atoms with Gasteiger partial charge < -0.3 is 14.7 Å². The Morgan fingerprint density at radius 2 is 2.44 bits per heavy atom. The van der Waals surface area contributed by atoms with Crippen molar-refractivity contribution in [2.24, 2.45) is 5.92 Å². The van der Waals surface area contributed by atoms with E-state index >= 15 is 0 Å². The first-order valence-corrected chi connectivity index (χ1v) is 6.76. The summed E-state index contributed by atoms with van der Waals surface area (Å²) in [5, 5.41) is 9.26. The minimum Gasteiger partial charge on any atom is -0.460 e. The Morgan fingerprint density at radius 3 is 3.00 bits per heavy atom. The molecule has 5 nitrogen and oxygen atoms in total. The van der Waals surface area contributed by atoms with Gasteiger partial charge in [-0.25, -0.2) is 4.79 Å². The van der Waals surface area contributed by atoms with Gasteiger partial charge in [-0.2, -0.15) is 0 Å². The number of carbonyl (C=O) groups is 2. The van der Waals surface area contributed by atoms with Gasteiger partial charge in [0.15, 0.2) is 6.04 Å². The van der Waals surface area contributed by atoms with Crippen LogP contribution in [0.2, 0.25) is 0 Å². The van der Waals surface area contributed by atoms with Gasteiger partial charge >= 0.3 is 5.97 Å². The number of β-lactam (4-membered cyclic amide) rings is 1. The third-order valence-corrected chi connectivity index (χ3v) is 4.68. The van der Waals surface area contributed by atoms with E-state index in [0.717, 1.165) is 0 Å². The summed E-state index contributed by atoms with van der Waals surface area (Å²) in [5.41, 5.74) is 0. The third-order valence-electron chi connectivity index (χ3n) is 2.95. The van der Waals surface area contributed by atoms with Gasteiger partial charge in [0.2, 0.25) is 5.91 Å². The van der Waals surface area contributed by atoms with Crippen molar-refractivity contribution in [1.29, 1.82) is 0 Å². The van der Waals surface area contributed by atoms with E-state index in [-0.39, 0.29) is 17.9 Å². The van der Waals surface area contributed by atoms with Crippen molar-refractivity contribution in [3.8, 4) is 0 Å². The molecule has 0 aromatic heterocycles. The average Bonchev–Trinajstić information content (AvgIpc) is 2.59. The standard InChI is InChI=1S/C11H13NO4S2/c1-3-4-16-10(15)7-11(17)18-9-6(5(2)13)8(14)12(7)9/h3,5-7,9,13H,1,4H2,2H3/t5-,6+,7?,9-/m1/s1. The number of ether oxygens (including phenoxy) is 1. The maximum atomic E-state index is 11.9. The molecule has 18 heavy (non-hydrogen) atoms. The highest BCUT2D eigenvalue weighted by Crippen LogP contribution is 2.46. The van der Waals surface area contributed by atoms with Gasteiger partial charge in [0.05, 0.1) is 21.6 Å². The highest BCUT2D eigenvalue weighted by Gasteiger charge is 2.60. The van der Waals surface area contributed by atoms with Gasteiger partial charge in [0.25, 0.3) is 0 Å². The number of hydrogen-bond donors (Lipinski definition) is 1. The van der Waals surface area contributed by atoms with E-state index in [1.807, 2.05) is 0 Å². The van der Waals surface area contributed by atoms with Crippen molar-refractivity contribution < 1.29 is 19.4 Å². The van der Waals surface area contributed by atoms with E-state index in [4.69, 9.17) is 17.0 Å². The predicted octanol–water partition coefficient (Wildman–Crippen LogP) is 0.324. The number of thioether (sulfide) groups is 1. The number of aliphatic hydroxyl groups is 1. The van der Waals surface area contributed by atoms with Crippen molar-refractivity contribution in [3.63, 3.8) is 0 Å². The fraction of sp³-hybridized carbons (Fsp3) is 0.545. The van der Waals surface area contributed by atoms with Crippen LogP contribution >= 0.6 is 24.0 Å². The maximum Gasteiger partial charge on any atom is 0.335 e. The number of thiocarbonyl (C=S) groups is 1. The quantitative estimate of drug-likeness (QED) is 0.348. The lowest BCUT2D eigenvalue weighted by Gasteiger charge is -2.44. The Labute approximate surface area is 114 Å². The van der Waals surface area contributed by atoms with Gasteiger partial charge in [0, 0.05) is 0 Å². The number of esters is 1. The van der Waals surface area contributed by atoms with Crippen molar-refractivity contribution in [1.82, 2.24) is 4.90 Å². The van der Waals surface area contributed by atoms with Gasteiger partial charge in [-0.05, 0) is 6.92 Å². The summed E-state index contributed by atoms with van der Waals surface area (Å²) in [6.45, 7) is 5.10. The molecule has 0 aromatic carbocycles. The Hall–Kier alpha value is -0.920. The van der Waals surface area contributed by atoms with Crippen LogP contribution in [0.25, 0.3) is 0 Å². The fourth-order valence-corrected chi connectivity index (χ4v) is 4.00. The van der Waals surface area contributed by atoms with Crippen LogP contribution in [0.15, 0.2) is 12.7 Å². The number of amides is 1. The summed E-state index contributed by atoms with van der Waals surface area (Å²) in [6.07, 6.45) is 0.717. The van der Waals surface area contributed by atoms with Crippen LogP contribution in [0.1, 0.15) is 6.92 Å². The molecule has 98 valence electrons. The Kier molecular flexibility index (Phi) is 3.74. The molecule has 0 radical (unpaired) electrons. The number of aliphatic hydroxyl groups excluding tert-OH is 1. The normalized spacial score (nSPS) is 31.7. The molecule has 2 heterocycles.